The average Bonchev–Trinajstić information content (AvgIpc) is 3.31. The normalized spacial score (nSPS) is 12.0. The molecule has 1 atom stereocenters. The van der Waals surface area contributed by atoms with Gasteiger partial charge in [0.25, 0.3) is 0 Å². The fraction of sp³-hybridized carbons (Fsp3) is 0.952. The molecule has 6 nitrogen and oxygen atoms in total. The Morgan fingerprint density at radius 1 is 0.279 bits per heavy atom. The first kappa shape index (κ1) is 66.4. The van der Waals surface area contributed by atoms with Gasteiger partial charge in [0, 0.05) is 19.3 Å². The van der Waals surface area contributed by atoms with E-state index in [1.165, 1.54) is 238 Å². The van der Waals surface area contributed by atoms with Crippen molar-refractivity contribution in [2.24, 2.45) is 11.8 Å². The Hall–Kier alpha value is -1.59. The summed E-state index contributed by atoms with van der Waals surface area (Å²) in [6.07, 6.45) is 59.6. The quantitative estimate of drug-likeness (QED) is 0.0343. The van der Waals surface area contributed by atoms with E-state index in [1.54, 1.807) is 0 Å². The van der Waals surface area contributed by atoms with E-state index in [-0.39, 0.29) is 31.1 Å². The van der Waals surface area contributed by atoms with Gasteiger partial charge in [0.05, 0.1) is 0 Å². The lowest BCUT2D eigenvalue weighted by Crippen LogP contribution is -2.30. The van der Waals surface area contributed by atoms with Crippen LogP contribution in [0.5, 0.6) is 0 Å². The van der Waals surface area contributed by atoms with Crippen LogP contribution in [0, 0.1) is 11.8 Å². The molecule has 0 fully saturated rings. The summed E-state index contributed by atoms with van der Waals surface area (Å²) in [7, 11) is 0. The molecule has 0 amide bonds. The molecule has 0 rings (SSSR count). The Balaban J connectivity index is 4.27. The van der Waals surface area contributed by atoms with Gasteiger partial charge >= 0.3 is 17.9 Å². The van der Waals surface area contributed by atoms with Crippen LogP contribution in [0.2, 0.25) is 0 Å². The van der Waals surface area contributed by atoms with Crippen LogP contribution in [0.3, 0.4) is 0 Å². The lowest BCUT2D eigenvalue weighted by atomic mass is 10.0. The number of esters is 3. The smallest absolute Gasteiger partial charge is 0.306 e. The minimum absolute atomic E-state index is 0.0623. The number of ether oxygens (including phenoxy) is 3. The highest BCUT2D eigenvalue weighted by Crippen LogP contribution is 2.19. The number of carbonyl (C=O) groups excluding carboxylic acids is 3. The molecule has 404 valence electrons. The molecule has 0 aliphatic rings. The van der Waals surface area contributed by atoms with Crippen LogP contribution >= 0.6 is 0 Å². The summed E-state index contributed by atoms with van der Waals surface area (Å²) >= 11 is 0. The van der Waals surface area contributed by atoms with Crippen molar-refractivity contribution >= 4 is 17.9 Å². The van der Waals surface area contributed by atoms with E-state index in [4.69, 9.17) is 14.2 Å². The average molecular weight is 962 g/mol. The molecule has 0 saturated heterocycles. The summed E-state index contributed by atoms with van der Waals surface area (Å²) in [5, 5.41) is 0. The monoisotopic (exact) mass is 961 g/mol. The Kier molecular flexibility index (Phi) is 53.5. The van der Waals surface area contributed by atoms with E-state index in [2.05, 4.69) is 34.6 Å². The molecule has 0 aromatic rings. The first-order valence-electron chi connectivity index (χ1n) is 30.7. The zero-order valence-electron chi connectivity index (χ0n) is 46.7. The SMILES string of the molecule is CCCCCCCCCCCCCCCCCCCC(=O)OC[C@H](COC(=O)CCCCCCCCCCCCCCCCCCC(C)C)OC(=O)CCCCCCCCCCCCCC(C)C. The number of unbranched alkanes of at least 4 members (excludes halogenated alkanes) is 41. The third-order valence-corrected chi connectivity index (χ3v) is 14.2. The van der Waals surface area contributed by atoms with Gasteiger partial charge < -0.3 is 14.2 Å². The summed E-state index contributed by atoms with van der Waals surface area (Å²) in [4.78, 5) is 38.2. The van der Waals surface area contributed by atoms with Crippen molar-refractivity contribution in [1.29, 1.82) is 0 Å². The van der Waals surface area contributed by atoms with Gasteiger partial charge in [-0.1, -0.05) is 311 Å². The van der Waals surface area contributed by atoms with Crippen molar-refractivity contribution in [3.05, 3.63) is 0 Å². The van der Waals surface area contributed by atoms with Gasteiger partial charge in [0.1, 0.15) is 13.2 Å². The Bertz CT molecular complexity index is 1040. The maximum absolute atomic E-state index is 12.9. The molecule has 0 saturated carbocycles. The van der Waals surface area contributed by atoms with Crippen molar-refractivity contribution in [3.63, 3.8) is 0 Å². The second-order valence-corrected chi connectivity index (χ2v) is 22.3. The summed E-state index contributed by atoms with van der Waals surface area (Å²) in [5.74, 6) is 0.843. The minimum atomic E-state index is -0.763. The molecule has 0 radical (unpaired) electrons. The topological polar surface area (TPSA) is 78.9 Å². The molecule has 0 unspecified atom stereocenters. The highest BCUT2D eigenvalue weighted by molar-refractivity contribution is 5.71. The van der Waals surface area contributed by atoms with E-state index < -0.39 is 6.10 Å². The predicted octanol–water partition coefficient (Wildman–Crippen LogP) is 20.4. The van der Waals surface area contributed by atoms with Gasteiger partial charge in [0.2, 0.25) is 0 Å². The molecule has 0 aliphatic heterocycles. The molecule has 0 aliphatic carbocycles. The maximum Gasteiger partial charge on any atom is 0.306 e. The fourth-order valence-corrected chi connectivity index (χ4v) is 9.58. The Labute approximate surface area is 425 Å². The standard InChI is InChI=1S/C62H120O6/c1-6-7-8-9-10-11-12-13-14-15-19-22-27-32-37-42-47-52-60(63)66-55-59(68-62(65)54-49-44-39-34-29-24-26-31-36-41-46-51-58(4)5)56-67-61(64)53-48-43-38-33-28-23-20-17-16-18-21-25-30-35-40-45-50-57(2)3/h57-59H,6-56H2,1-5H3/t59-/m1/s1. The molecule has 6 heteroatoms. The van der Waals surface area contributed by atoms with Gasteiger partial charge in [0.15, 0.2) is 6.10 Å². The zero-order valence-corrected chi connectivity index (χ0v) is 46.7. The Morgan fingerprint density at radius 3 is 0.721 bits per heavy atom. The molecule has 0 bridgehead atoms. The van der Waals surface area contributed by atoms with Gasteiger partial charge in [-0.2, -0.15) is 0 Å². The Morgan fingerprint density at radius 2 is 0.485 bits per heavy atom. The van der Waals surface area contributed by atoms with Crippen LogP contribution in [-0.4, -0.2) is 37.2 Å². The first-order valence-corrected chi connectivity index (χ1v) is 30.7. The van der Waals surface area contributed by atoms with E-state index in [9.17, 15) is 14.4 Å². The van der Waals surface area contributed by atoms with E-state index >= 15 is 0 Å². The first-order chi connectivity index (χ1) is 33.2. The van der Waals surface area contributed by atoms with Gasteiger partial charge in [-0.15, -0.1) is 0 Å². The largest absolute Gasteiger partial charge is 0.462 e. The van der Waals surface area contributed by atoms with Gasteiger partial charge in [-0.25, -0.2) is 0 Å². The van der Waals surface area contributed by atoms with Crippen LogP contribution in [0.25, 0.3) is 0 Å². The summed E-state index contributed by atoms with van der Waals surface area (Å²) in [5.41, 5.74) is 0. The molecule has 68 heavy (non-hydrogen) atoms. The zero-order chi connectivity index (χ0) is 49.6. The predicted molar refractivity (Wildman–Crippen MR) is 293 cm³/mol. The lowest BCUT2D eigenvalue weighted by Gasteiger charge is -2.18. The maximum atomic E-state index is 12.9. The molecule has 0 N–H and O–H groups in total. The molecule has 0 heterocycles. The van der Waals surface area contributed by atoms with Crippen LogP contribution in [0.1, 0.15) is 349 Å². The van der Waals surface area contributed by atoms with Crippen molar-refractivity contribution < 1.29 is 28.6 Å². The third-order valence-electron chi connectivity index (χ3n) is 14.2. The van der Waals surface area contributed by atoms with Crippen molar-refractivity contribution in [3.8, 4) is 0 Å². The number of carbonyl (C=O) groups is 3. The van der Waals surface area contributed by atoms with Crippen molar-refractivity contribution in [2.45, 2.75) is 355 Å². The summed E-state index contributed by atoms with van der Waals surface area (Å²) in [6, 6.07) is 0. The number of hydrogen-bond donors (Lipinski definition) is 0. The third kappa shape index (κ3) is 55.3. The highest BCUT2D eigenvalue weighted by atomic mass is 16.6. The summed E-state index contributed by atoms with van der Waals surface area (Å²) in [6.45, 7) is 11.4. The molecular weight excluding hydrogens is 841 g/mol. The van der Waals surface area contributed by atoms with Gasteiger partial charge in [-0.05, 0) is 31.1 Å². The fourth-order valence-electron chi connectivity index (χ4n) is 9.58. The number of rotatable bonds is 56. The summed E-state index contributed by atoms with van der Waals surface area (Å²) < 4.78 is 16.9. The van der Waals surface area contributed by atoms with Crippen LogP contribution in [-0.2, 0) is 28.6 Å². The lowest BCUT2D eigenvalue weighted by molar-refractivity contribution is -0.167. The minimum Gasteiger partial charge on any atom is -0.462 e. The molecular formula is C62H120O6. The molecule has 0 aromatic carbocycles. The number of hydrogen-bond acceptors (Lipinski definition) is 6. The highest BCUT2D eigenvalue weighted by Gasteiger charge is 2.19. The van der Waals surface area contributed by atoms with Gasteiger partial charge in [-0.3, -0.25) is 14.4 Å². The molecule has 0 aromatic heterocycles. The molecule has 0 spiro atoms. The van der Waals surface area contributed by atoms with Crippen LogP contribution < -0.4 is 0 Å². The van der Waals surface area contributed by atoms with E-state index in [0.717, 1.165) is 69.6 Å². The van der Waals surface area contributed by atoms with Crippen molar-refractivity contribution in [1.82, 2.24) is 0 Å². The van der Waals surface area contributed by atoms with Crippen LogP contribution in [0.15, 0.2) is 0 Å². The van der Waals surface area contributed by atoms with E-state index in [1.807, 2.05) is 0 Å². The van der Waals surface area contributed by atoms with Crippen LogP contribution in [0.4, 0.5) is 0 Å². The van der Waals surface area contributed by atoms with E-state index in [0.29, 0.717) is 19.3 Å². The van der Waals surface area contributed by atoms with Crippen molar-refractivity contribution in [2.75, 3.05) is 13.2 Å². The second kappa shape index (κ2) is 54.7. The second-order valence-electron chi connectivity index (χ2n) is 22.3.